The molecule has 0 fully saturated rings. The smallest absolute Gasteiger partial charge is 0.262 e. The molecule has 0 aliphatic heterocycles. The lowest BCUT2D eigenvalue weighted by molar-refractivity contribution is -0.118. The molecule has 1 amide bonds. The number of benzene rings is 2. The van der Waals surface area contributed by atoms with Gasteiger partial charge in [0, 0.05) is 15.2 Å². The third-order valence-electron chi connectivity index (χ3n) is 2.95. The molecule has 2 rings (SSSR count). The number of nitrogens with one attached hydrogen (secondary N) is 1. The van der Waals surface area contributed by atoms with Crippen LogP contribution >= 0.6 is 27.5 Å². The zero-order chi connectivity index (χ0) is 15.4. The summed E-state index contributed by atoms with van der Waals surface area (Å²) in [6.45, 7) is 3.83. The van der Waals surface area contributed by atoms with Crippen LogP contribution in [0.1, 0.15) is 11.1 Å². The highest BCUT2D eigenvalue weighted by atomic mass is 79.9. The number of hydrogen-bond donors (Lipinski definition) is 1. The van der Waals surface area contributed by atoms with Crippen LogP contribution in [0.2, 0.25) is 5.02 Å². The van der Waals surface area contributed by atoms with Crippen molar-refractivity contribution in [2.45, 2.75) is 13.8 Å². The molecule has 0 unspecified atom stereocenters. The number of amides is 1. The SMILES string of the molecule is Cc1cc(OCC(=O)Nc2ccc(C)c(Br)c2)ccc1Cl. The van der Waals surface area contributed by atoms with Gasteiger partial charge in [0.05, 0.1) is 0 Å². The molecule has 0 bridgehead atoms. The van der Waals surface area contributed by atoms with Gasteiger partial charge in [-0.15, -0.1) is 0 Å². The Kier molecular flexibility index (Phi) is 5.26. The van der Waals surface area contributed by atoms with Crippen LogP contribution in [0, 0.1) is 13.8 Å². The summed E-state index contributed by atoms with van der Waals surface area (Å²) in [6.07, 6.45) is 0. The average molecular weight is 369 g/mol. The number of halogens is 2. The van der Waals surface area contributed by atoms with Crippen molar-refractivity contribution < 1.29 is 9.53 Å². The van der Waals surface area contributed by atoms with Crippen LogP contribution in [0.25, 0.3) is 0 Å². The maximum absolute atomic E-state index is 11.9. The molecule has 21 heavy (non-hydrogen) atoms. The van der Waals surface area contributed by atoms with Crippen LogP contribution in [-0.2, 0) is 4.79 Å². The standard InChI is InChI=1S/C16H15BrClNO2/c1-10-3-4-12(8-14(10)17)19-16(20)9-21-13-5-6-15(18)11(2)7-13/h3-8H,9H2,1-2H3,(H,19,20). The number of carbonyl (C=O) groups excluding carboxylic acids is 1. The van der Waals surface area contributed by atoms with E-state index in [0.717, 1.165) is 21.3 Å². The van der Waals surface area contributed by atoms with Gasteiger partial charge in [0.25, 0.3) is 5.91 Å². The van der Waals surface area contributed by atoms with Gasteiger partial charge in [-0.25, -0.2) is 0 Å². The van der Waals surface area contributed by atoms with Crippen molar-refractivity contribution in [3.05, 3.63) is 57.0 Å². The summed E-state index contributed by atoms with van der Waals surface area (Å²) < 4.78 is 6.40. The fourth-order valence-electron chi connectivity index (χ4n) is 1.72. The third kappa shape index (κ3) is 4.48. The normalized spacial score (nSPS) is 10.3. The van der Waals surface area contributed by atoms with Crippen molar-refractivity contribution in [2.75, 3.05) is 11.9 Å². The maximum atomic E-state index is 11.9. The largest absolute Gasteiger partial charge is 0.484 e. The van der Waals surface area contributed by atoms with Gasteiger partial charge >= 0.3 is 0 Å². The Morgan fingerprint density at radius 1 is 1.19 bits per heavy atom. The first-order valence-corrected chi connectivity index (χ1v) is 7.58. The first-order chi connectivity index (χ1) is 9.95. The second-order valence-corrected chi connectivity index (χ2v) is 5.97. The maximum Gasteiger partial charge on any atom is 0.262 e. The van der Waals surface area contributed by atoms with Crippen molar-refractivity contribution in [1.29, 1.82) is 0 Å². The summed E-state index contributed by atoms with van der Waals surface area (Å²) >= 11 is 9.37. The molecule has 2 aromatic carbocycles. The zero-order valence-corrected chi connectivity index (χ0v) is 14.1. The summed E-state index contributed by atoms with van der Waals surface area (Å²) in [6, 6.07) is 10.9. The predicted octanol–water partition coefficient (Wildman–Crippen LogP) is 4.74. The molecule has 0 spiro atoms. The fourth-order valence-corrected chi connectivity index (χ4v) is 2.22. The Morgan fingerprint density at radius 3 is 2.62 bits per heavy atom. The molecule has 2 aromatic rings. The summed E-state index contributed by atoms with van der Waals surface area (Å²) in [4.78, 5) is 11.9. The lowest BCUT2D eigenvalue weighted by atomic mass is 10.2. The molecule has 0 saturated heterocycles. The van der Waals surface area contributed by atoms with Gasteiger partial charge in [-0.1, -0.05) is 33.6 Å². The molecule has 5 heteroatoms. The molecule has 0 radical (unpaired) electrons. The summed E-state index contributed by atoms with van der Waals surface area (Å²) in [7, 11) is 0. The van der Waals surface area contributed by atoms with Crippen LogP contribution in [0.15, 0.2) is 40.9 Å². The quantitative estimate of drug-likeness (QED) is 0.846. The number of aryl methyl sites for hydroxylation is 2. The van der Waals surface area contributed by atoms with Crippen molar-refractivity contribution in [3.63, 3.8) is 0 Å². The van der Waals surface area contributed by atoms with Crippen LogP contribution in [-0.4, -0.2) is 12.5 Å². The van der Waals surface area contributed by atoms with Crippen molar-refractivity contribution in [3.8, 4) is 5.75 Å². The van der Waals surface area contributed by atoms with Gasteiger partial charge in [-0.3, -0.25) is 4.79 Å². The minimum Gasteiger partial charge on any atom is -0.484 e. The Morgan fingerprint density at radius 2 is 1.95 bits per heavy atom. The molecule has 0 aliphatic carbocycles. The van der Waals surface area contributed by atoms with E-state index in [1.165, 1.54) is 0 Å². The lowest BCUT2D eigenvalue weighted by Crippen LogP contribution is -2.20. The number of carbonyl (C=O) groups is 1. The van der Waals surface area contributed by atoms with E-state index in [-0.39, 0.29) is 12.5 Å². The summed E-state index contributed by atoms with van der Waals surface area (Å²) in [5, 5.41) is 3.46. The lowest BCUT2D eigenvalue weighted by Gasteiger charge is -2.09. The van der Waals surface area contributed by atoms with E-state index in [1.807, 2.05) is 32.0 Å². The highest BCUT2D eigenvalue weighted by Gasteiger charge is 2.06. The highest BCUT2D eigenvalue weighted by Crippen LogP contribution is 2.22. The Balaban J connectivity index is 1.92. The number of rotatable bonds is 4. The first kappa shape index (κ1) is 15.9. The topological polar surface area (TPSA) is 38.3 Å². The van der Waals surface area contributed by atoms with Gasteiger partial charge in [-0.05, 0) is 55.3 Å². The van der Waals surface area contributed by atoms with Crippen molar-refractivity contribution in [1.82, 2.24) is 0 Å². The average Bonchev–Trinajstić information content (AvgIpc) is 2.44. The molecule has 1 N–H and O–H groups in total. The minimum absolute atomic E-state index is 0.0490. The first-order valence-electron chi connectivity index (χ1n) is 6.40. The van der Waals surface area contributed by atoms with E-state index in [4.69, 9.17) is 16.3 Å². The van der Waals surface area contributed by atoms with Crippen LogP contribution < -0.4 is 10.1 Å². The second-order valence-electron chi connectivity index (χ2n) is 4.71. The molecular formula is C16H15BrClNO2. The molecule has 3 nitrogen and oxygen atoms in total. The second kappa shape index (κ2) is 6.96. The van der Waals surface area contributed by atoms with Crippen molar-refractivity contribution >= 4 is 39.1 Å². The van der Waals surface area contributed by atoms with E-state index >= 15 is 0 Å². The monoisotopic (exact) mass is 367 g/mol. The van der Waals surface area contributed by atoms with E-state index in [1.54, 1.807) is 18.2 Å². The minimum atomic E-state index is -0.210. The van der Waals surface area contributed by atoms with E-state index < -0.39 is 0 Å². The van der Waals surface area contributed by atoms with Gasteiger partial charge < -0.3 is 10.1 Å². The number of anilines is 1. The van der Waals surface area contributed by atoms with Crippen LogP contribution in [0.3, 0.4) is 0 Å². The van der Waals surface area contributed by atoms with Crippen LogP contribution in [0.4, 0.5) is 5.69 Å². The Labute approximate surface area is 137 Å². The van der Waals surface area contributed by atoms with Crippen LogP contribution in [0.5, 0.6) is 5.75 Å². The summed E-state index contributed by atoms with van der Waals surface area (Å²) in [5.74, 6) is 0.412. The van der Waals surface area contributed by atoms with Gasteiger partial charge in [-0.2, -0.15) is 0 Å². The number of hydrogen-bond acceptors (Lipinski definition) is 2. The molecule has 0 aliphatic rings. The Bertz CT molecular complexity index is 673. The van der Waals surface area contributed by atoms with E-state index in [2.05, 4.69) is 21.2 Å². The number of ether oxygens (including phenoxy) is 1. The fraction of sp³-hybridized carbons (Fsp3) is 0.188. The molecule has 110 valence electrons. The molecular weight excluding hydrogens is 354 g/mol. The van der Waals surface area contributed by atoms with Gasteiger partial charge in [0.2, 0.25) is 0 Å². The van der Waals surface area contributed by atoms with E-state index in [0.29, 0.717) is 10.8 Å². The highest BCUT2D eigenvalue weighted by molar-refractivity contribution is 9.10. The summed E-state index contributed by atoms with van der Waals surface area (Å²) in [5.41, 5.74) is 2.76. The third-order valence-corrected chi connectivity index (χ3v) is 4.23. The van der Waals surface area contributed by atoms with E-state index in [9.17, 15) is 4.79 Å². The predicted molar refractivity (Wildman–Crippen MR) is 89.2 cm³/mol. The van der Waals surface area contributed by atoms with Gasteiger partial charge in [0.1, 0.15) is 5.75 Å². The van der Waals surface area contributed by atoms with Crippen molar-refractivity contribution in [2.24, 2.45) is 0 Å². The zero-order valence-electron chi connectivity index (χ0n) is 11.7. The Hall–Kier alpha value is -1.52. The molecule has 0 aromatic heterocycles. The molecule has 0 saturated carbocycles. The molecule has 0 heterocycles. The van der Waals surface area contributed by atoms with Gasteiger partial charge in [0.15, 0.2) is 6.61 Å². The molecule has 0 atom stereocenters.